The molecule has 0 aliphatic rings. The van der Waals surface area contributed by atoms with Gasteiger partial charge in [0.25, 0.3) is 0 Å². The quantitative estimate of drug-likeness (QED) is 0.631. The molecule has 0 unspecified atom stereocenters. The highest BCUT2D eigenvalue weighted by Crippen LogP contribution is 2.38. The van der Waals surface area contributed by atoms with Crippen molar-refractivity contribution in [2.24, 2.45) is 0 Å². The minimum absolute atomic E-state index is 0.215. The third-order valence-corrected chi connectivity index (χ3v) is 8.22. The Balaban J connectivity index is 3.03. The Morgan fingerprint density at radius 2 is 1.72 bits per heavy atom. The van der Waals surface area contributed by atoms with Crippen molar-refractivity contribution < 1.29 is 4.43 Å². The second-order valence-corrected chi connectivity index (χ2v) is 11.5. The molecule has 1 aromatic rings. The van der Waals surface area contributed by atoms with Crippen LogP contribution in [0.3, 0.4) is 0 Å². The molecule has 18 heavy (non-hydrogen) atoms. The summed E-state index contributed by atoms with van der Waals surface area (Å²) in [4.78, 5) is 0. The van der Waals surface area contributed by atoms with Crippen molar-refractivity contribution in [1.82, 2.24) is 0 Å². The molecule has 0 aliphatic heterocycles. The molecule has 0 radical (unpaired) electrons. The van der Waals surface area contributed by atoms with E-state index < -0.39 is 8.32 Å². The Morgan fingerprint density at radius 3 is 2.17 bits per heavy atom. The molecule has 0 amide bonds. The van der Waals surface area contributed by atoms with E-state index >= 15 is 0 Å². The van der Waals surface area contributed by atoms with Crippen LogP contribution in [-0.2, 0) is 0 Å². The molecule has 0 fully saturated rings. The normalized spacial score (nSPS) is 12.9. The summed E-state index contributed by atoms with van der Waals surface area (Å²) in [5.74, 6) is 1.38. The van der Waals surface area contributed by atoms with E-state index in [9.17, 15) is 0 Å². The van der Waals surface area contributed by atoms with Gasteiger partial charge in [-0.3, -0.25) is 0 Å². The largest absolute Gasteiger partial charge is 0.543 e. The second-order valence-electron chi connectivity index (χ2n) is 6.81. The van der Waals surface area contributed by atoms with Crippen LogP contribution in [0.5, 0.6) is 5.75 Å². The number of nitrogen functional groups attached to an aromatic ring is 1. The molecule has 0 saturated heterocycles. The van der Waals surface area contributed by atoms with Gasteiger partial charge in [-0.25, -0.2) is 0 Å². The number of anilines is 1. The summed E-state index contributed by atoms with van der Waals surface area (Å²) in [6.45, 7) is 15.6. The minimum atomic E-state index is -1.76. The molecule has 102 valence electrons. The van der Waals surface area contributed by atoms with Crippen molar-refractivity contribution in [3.8, 4) is 5.75 Å². The molecule has 0 heterocycles. The highest BCUT2D eigenvalue weighted by molar-refractivity contribution is 6.74. The fourth-order valence-corrected chi connectivity index (χ4v) is 2.59. The molecule has 0 aromatic heterocycles. The zero-order valence-corrected chi connectivity index (χ0v) is 13.8. The van der Waals surface area contributed by atoms with E-state index in [0.29, 0.717) is 5.92 Å². The lowest BCUT2D eigenvalue weighted by Gasteiger charge is -2.36. The molecule has 0 spiro atoms. The van der Waals surface area contributed by atoms with Crippen molar-refractivity contribution in [2.75, 3.05) is 5.73 Å². The summed E-state index contributed by atoms with van der Waals surface area (Å²) in [5, 5.41) is 0.215. The van der Waals surface area contributed by atoms with Crippen molar-refractivity contribution in [3.05, 3.63) is 23.8 Å². The fourth-order valence-electron chi connectivity index (χ4n) is 1.56. The van der Waals surface area contributed by atoms with Gasteiger partial charge in [0.2, 0.25) is 8.32 Å². The lowest BCUT2D eigenvalue weighted by atomic mass is 10.0. The monoisotopic (exact) mass is 265 g/mol. The summed E-state index contributed by atoms with van der Waals surface area (Å²) >= 11 is 0. The van der Waals surface area contributed by atoms with Crippen molar-refractivity contribution >= 4 is 14.0 Å². The van der Waals surface area contributed by atoms with Gasteiger partial charge >= 0.3 is 0 Å². The van der Waals surface area contributed by atoms with Gasteiger partial charge in [-0.1, -0.05) is 34.6 Å². The number of rotatable bonds is 3. The Morgan fingerprint density at radius 1 is 1.17 bits per heavy atom. The zero-order chi connectivity index (χ0) is 14.1. The van der Waals surface area contributed by atoms with Gasteiger partial charge in [0.15, 0.2) is 0 Å². The predicted octanol–water partition coefficient (Wildman–Crippen LogP) is 4.78. The summed E-state index contributed by atoms with van der Waals surface area (Å²) in [6.07, 6.45) is 0. The number of hydrogen-bond acceptors (Lipinski definition) is 2. The Hall–Kier alpha value is -0.963. The van der Waals surface area contributed by atoms with Crippen LogP contribution in [0.4, 0.5) is 5.69 Å². The SMILES string of the molecule is CC(C)c1cc(O[Si](C)(C)C(C)(C)C)ccc1N. The first-order chi connectivity index (χ1) is 8.04. The molecule has 3 heteroatoms. The minimum Gasteiger partial charge on any atom is -0.543 e. The Bertz CT molecular complexity index is 419. The van der Waals surface area contributed by atoms with Crippen LogP contribution in [0.1, 0.15) is 46.1 Å². The van der Waals surface area contributed by atoms with E-state index in [1.807, 2.05) is 12.1 Å². The van der Waals surface area contributed by atoms with Crippen LogP contribution in [0, 0.1) is 0 Å². The molecule has 2 nitrogen and oxygen atoms in total. The molecule has 1 rings (SSSR count). The number of nitrogens with two attached hydrogens (primary N) is 1. The lowest BCUT2D eigenvalue weighted by molar-refractivity contribution is 0.491. The van der Waals surface area contributed by atoms with E-state index in [-0.39, 0.29) is 5.04 Å². The van der Waals surface area contributed by atoms with Crippen molar-refractivity contribution in [1.29, 1.82) is 0 Å². The van der Waals surface area contributed by atoms with Gasteiger partial charge in [0.05, 0.1) is 0 Å². The van der Waals surface area contributed by atoms with Gasteiger partial charge in [-0.2, -0.15) is 0 Å². The maximum atomic E-state index is 6.30. The van der Waals surface area contributed by atoms with E-state index in [0.717, 1.165) is 11.4 Å². The van der Waals surface area contributed by atoms with Gasteiger partial charge in [0.1, 0.15) is 5.75 Å². The molecule has 1 aromatic carbocycles. The van der Waals surface area contributed by atoms with Gasteiger partial charge in [-0.05, 0) is 47.8 Å². The summed E-state index contributed by atoms with van der Waals surface area (Å²) < 4.78 is 6.30. The summed E-state index contributed by atoms with van der Waals surface area (Å²) in [5.41, 5.74) is 8.02. The van der Waals surface area contributed by atoms with Crippen LogP contribution >= 0.6 is 0 Å². The van der Waals surface area contributed by atoms with Crippen LogP contribution in [0.15, 0.2) is 18.2 Å². The molecule has 0 saturated carbocycles. The summed E-state index contributed by atoms with van der Waals surface area (Å²) in [7, 11) is -1.76. The van der Waals surface area contributed by atoms with Crippen molar-refractivity contribution in [2.45, 2.75) is 58.7 Å². The average molecular weight is 265 g/mol. The average Bonchev–Trinajstić information content (AvgIpc) is 2.18. The van der Waals surface area contributed by atoms with Gasteiger partial charge in [-0.15, -0.1) is 0 Å². The van der Waals surface area contributed by atoms with Crippen LogP contribution < -0.4 is 10.2 Å². The van der Waals surface area contributed by atoms with Crippen molar-refractivity contribution in [3.63, 3.8) is 0 Å². The van der Waals surface area contributed by atoms with E-state index in [2.05, 4.69) is 53.8 Å². The lowest BCUT2D eigenvalue weighted by Crippen LogP contribution is -2.43. The fraction of sp³-hybridized carbons (Fsp3) is 0.600. The molecular formula is C15H27NOSi. The number of benzene rings is 1. The molecular weight excluding hydrogens is 238 g/mol. The Kier molecular flexibility index (Phi) is 4.16. The third-order valence-electron chi connectivity index (χ3n) is 3.86. The molecule has 0 bridgehead atoms. The van der Waals surface area contributed by atoms with Gasteiger partial charge < -0.3 is 10.2 Å². The summed E-state index contributed by atoms with van der Waals surface area (Å²) in [6, 6.07) is 6.04. The number of hydrogen-bond donors (Lipinski definition) is 1. The topological polar surface area (TPSA) is 35.2 Å². The van der Waals surface area contributed by atoms with Gasteiger partial charge in [0, 0.05) is 5.69 Å². The standard InChI is InChI=1S/C15H27NOSi/c1-11(2)13-10-12(8-9-14(13)16)17-18(6,7)15(3,4)5/h8-11H,16H2,1-7H3. The maximum absolute atomic E-state index is 6.30. The van der Waals surface area contributed by atoms with E-state index in [4.69, 9.17) is 10.2 Å². The molecule has 0 aliphatic carbocycles. The van der Waals surface area contributed by atoms with E-state index in [1.54, 1.807) is 0 Å². The predicted molar refractivity (Wildman–Crippen MR) is 82.8 cm³/mol. The second kappa shape index (κ2) is 4.96. The first-order valence-electron chi connectivity index (χ1n) is 6.63. The van der Waals surface area contributed by atoms with Crippen LogP contribution in [0.25, 0.3) is 0 Å². The third kappa shape index (κ3) is 3.28. The van der Waals surface area contributed by atoms with Crippen LogP contribution in [0.2, 0.25) is 18.1 Å². The van der Waals surface area contributed by atoms with E-state index in [1.165, 1.54) is 5.56 Å². The Labute approximate surface area is 113 Å². The maximum Gasteiger partial charge on any atom is 0.250 e. The smallest absolute Gasteiger partial charge is 0.250 e. The van der Waals surface area contributed by atoms with Crippen LogP contribution in [-0.4, -0.2) is 8.32 Å². The highest BCUT2D eigenvalue weighted by atomic mass is 28.4. The first kappa shape index (κ1) is 15.1. The highest BCUT2D eigenvalue weighted by Gasteiger charge is 2.39. The zero-order valence-electron chi connectivity index (χ0n) is 12.8. The molecule has 0 atom stereocenters. The first-order valence-corrected chi connectivity index (χ1v) is 9.54. The molecule has 2 N–H and O–H groups in total.